The third kappa shape index (κ3) is 5.26. The van der Waals surface area contributed by atoms with E-state index in [-0.39, 0.29) is 12.5 Å². The first-order valence-corrected chi connectivity index (χ1v) is 9.80. The maximum absolute atomic E-state index is 12.9. The largest absolute Gasteiger partial charge is 0.460 e. The lowest BCUT2D eigenvalue weighted by atomic mass is 10.0. The van der Waals surface area contributed by atoms with Crippen molar-refractivity contribution in [1.82, 2.24) is 9.47 Å². The van der Waals surface area contributed by atoms with Crippen LogP contribution in [0, 0.1) is 0 Å². The summed E-state index contributed by atoms with van der Waals surface area (Å²) in [5.74, 6) is -0.874. The van der Waals surface area contributed by atoms with Gasteiger partial charge in [0.05, 0.1) is 5.52 Å². The highest BCUT2D eigenvalue weighted by molar-refractivity contribution is 9.10. The molecule has 29 heavy (non-hydrogen) atoms. The Morgan fingerprint density at radius 2 is 1.97 bits per heavy atom. The predicted octanol–water partition coefficient (Wildman–Crippen LogP) is 4.70. The molecular weight excluding hydrogens is 440 g/mol. The van der Waals surface area contributed by atoms with Crippen molar-refractivity contribution in [2.24, 2.45) is 0 Å². The van der Waals surface area contributed by atoms with Crippen molar-refractivity contribution < 1.29 is 23.9 Å². The van der Waals surface area contributed by atoms with E-state index in [1.165, 1.54) is 29.5 Å². The maximum atomic E-state index is 12.9. The number of amides is 1. The summed E-state index contributed by atoms with van der Waals surface area (Å²) in [7, 11) is 1.46. The van der Waals surface area contributed by atoms with Gasteiger partial charge in [-0.1, -0.05) is 34.7 Å². The zero-order valence-electron chi connectivity index (χ0n) is 17.2. The highest BCUT2D eigenvalue weighted by atomic mass is 79.9. The summed E-state index contributed by atoms with van der Waals surface area (Å²) in [4.78, 5) is 38.9. The van der Waals surface area contributed by atoms with E-state index in [0.29, 0.717) is 16.5 Å². The average molecular weight is 465 g/mol. The summed E-state index contributed by atoms with van der Waals surface area (Å²) >= 11 is 3.40. The molecule has 156 valence electrons. The van der Waals surface area contributed by atoms with Crippen LogP contribution in [-0.4, -0.2) is 46.7 Å². The summed E-state index contributed by atoms with van der Waals surface area (Å²) in [6.45, 7) is 10.2. The molecule has 1 atom stereocenters. The van der Waals surface area contributed by atoms with Crippen LogP contribution < -0.4 is 0 Å². The lowest BCUT2D eigenvalue weighted by molar-refractivity contribution is -0.148. The number of likely N-dealkylation sites (N-methyl/N-ethyl adjacent to an activating group) is 1. The van der Waals surface area contributed by atoms with Gasteiger partial charge in [-0.2, -0.15) is 0 Å². The van der Waals surface area contributed by atoms with Crippen LogP contribution in [0.2, 0.25) is 0 Å². The van der Waals surface area contributed by atoms with Crippen LogP contribution in [0.4, 0.5) is 4.79 Å². The number of benzene rings is 1. The van der Waals surface area contributed by atoms with E-state index in [1.807, 2.05) is 0 Å². The van der Waals surface area contributed by atoms with Gasteiger partial charge in [0.1, 0.15) is 12.2 Å². The minimum absolute atomic E-state index is 0.00557. The van der Waals surface area contributed by atoms with E-state index in [2.05, 4.69) is 22.5 Å². The molecule has 0 N–H and O–H groups in total. The van der Waals surface area contributed by atoms with Gasteiger partial charge in [-0.05, 0) is 32.9 Å². The zero-order valence-corrected chi connectivity index (χ0v) is 18.8. The Morgan fingerprint density at radius 3 is 2.52 bits per heavy atom. The number of fused-ring (bicyclic) bond motifs is 1. The first-order chi connectivity index (χ1) is 13.5. The van der Waals surface area contributed by atoms with Crippen LogP contribution in [0.1, 0.15) is 44.1 Å². The van der Waals surface area contributed by atoms with Gasteiger partial charge >= 0.3 is 12.1 Å². The van der Waals surface area contributed by atoms with E-state index in [0.717, 1.165) is 4.47 Å². The number of carbonyl (C=O) groups is 3. The average Bonchev–Trinajstić information content (AvgIpc) is 2.97. The smallest absolute Gasteiger partial charge is 0.411 e. The molecule has 0 bridgehead atoms. The van der Waals surface area contributed by atoms with Crippen molar-refractivity contribution >= 4 is 44.8 Å². The number of rotatable bonds is 5. The summed E-state index contributed by atoms with van der Waals surface area (Å²) in [5, 5.41) is 0.652. The Morgan fingerprint density at radius 1 is 1.31 bits per heavy atom. The van der Waals surface area contributed by atoms with Gasteiger partial charge in [-0.25, -0.2) is 9.59 Å². The van der Waals surface area contributed by atoms with Crippen LogP contribution in [0.5, 0.6) is 0 Å². The summed E-state index contributed by atoms with van der Waals surface area (Å²) in [6.07, 6.45) is 2.32. The molecule has 8 heteroatoms. The molecule has 1 heterocycles. The first kappa shape index (κ1) is 22.7. The number of nitrogens with zero attached hydrogens (tertiary/aromatic N) is 2. The molecule has 0 radical (unpaired) electrons. The Labute approximate surface area is 178 Å². The molecule has 0 aliphatic heterocycles. The fraction of sp³-hybridized carbons (Fsp3) is 0.381. The van der Waals surface area contributed by atoms with Crippen molar-refractivity contribution in [2.45, 2.75) is 39.3 Å². The van der Waals surface area contributed by atoms with Gasteiger partial charge in [0.25, 0.3) is 0 Å². The van der Waals surface area contributed by atoms with Crippen molar-refractivity contribution in [3.05, 3.63) is 47.1 Å². The Bertz CT molecular complexity index is 958. The highest BCUT2D eigenvalue weighted by Gasteiger charge is 2.35. The number of ether oxygens (including phenoxy) is 2. The van der Waals surface area contributed by atoms with Crippen molar-refractivity contribution in [3.8, 4) is 0 Å². The van der Waals surface area contributed by atoms with E-state index in [9.17, 15) is 14.4 Å². The van der Waals surface area contributed by atoms with Gasteiger partial charge in [0.15, 0.2) is 6.04 Å². The predicted molar refractivity (Wildman–Crippen MR) is 114 cm³/mol. The van der Waals surface area contributed by atoms with Crippen molar-refractivity contribution in [3.63, 3.8) is 0 Å². The number of aromatic nitrogens is 1. The van der Waals surface area contributed by atoms with Gasteiger partial charge in [-0.15, -0.1) is 0 Å². The Kier molecular flexibility index (Phi) is 6.89. The standard InChI is InChI=1S/C21H25BrN2O5/c1-7-10-28-19(26)18(23(6)20(27)29-21(3,4)5)16-12-24(13(2)25)17-11-14(22)8-9-15(16)17/h7-9,11-12,18H,1,10H2,2-6H3. The summed E-state index contributed by atoms with van der Waals surface area (Å²) in [6, 6.07) is 4.26. The third-order valence-corrected chi connectivity index (χ3v) is 4.56. The normalized spacial score (nSPS) is 12.3. The minimum Gasteiger partial charge on any atom is -0.460 e. The molecule has 1 amide bonds. The molecule has 0 aliphatic rings. The fourth-order valence-corrected chi connectivity index (χ4v) is 3.21. The number of hydrogen-bond acceptors (Lipinski definition) is 5. The van der Waals surface area contributed by atoms with Gasteiger partial charge in [0, 0.05) is 35.6 Å². The zero-order chi connectivity index (χ0) is 21.9. The lowest BCUT2D eigenvalue weighted by Gasteiger charge is -2.29. The monoisotopic (exact) mass is 464 g/mol. The Balaban J connectivity index is 2.62. The van der Waals surface area contributed by atoms with E-state index >= 15 is 0 Å². The minimum atomic E-state index is -1.10. The van der Waals surface area contributed by atoms with Crippen molar-refractivity contribution in [2.75, 3.05) is 13.7 Å². The number of carbonyl (C=O) groups excluding carboxylic acids is 3. The molecule has 0 spiro atoms. The summed E-state index contributed by atoms with van der Waals surface area (Å²) < 4.78 is 12.9. The van der Waals surface area contributed by atoms with Crippen LogP contribution >= 0.6 is 15.9 Å². The molecule has 2 aromatic rings. The maximum Gasteiger partial charge on any atom is 0.411 e. The first-order valence-electron chi connectivity index (χ1n) is 9.01. The van der Waals surface area contributed by atoms with Gasteiger partial charge in [-0.3, -0.25) is 14.3 Å². The molecule has 1 aromatic carbocycles. The van der Waals surface area contributed by atoms with Gasteiger partial charge in [0.2, 0.25) is 5.91 Å². The second-order valence-electron chi connectivity index (χ2n) is 7.55. The summed E-state index contributed by atoms with van der Waals surface area (Å²) in [5.41, 5.74) is 0.338. The van der Waals surface area contributed by atoms with E-state index in [4.69, 9.17) is 9.47 Å². The molecule has 0 fully saturated rings. The van der Waals surface area contributed by atoms with Gasteiger partial charge < -0.3 is 9.47 Å². The van der Waals surface area contributed by atoms with E-state index in [1.54, 1.807) is 45.2 Å². The molecule has 7 nitrogen and oxygen atoms in total. The second-order valence-corrected chi connectivity index (χ2v) is 8.46. The number of halogens is 1. The van der Waals surface area contributed by atoms with Crippen LogP contribution in [0.15, 0.2) is 41.5 Å². The van der Waals surface area contributed by atoms with Crippen LogP contribution in [0.3, 0.4) is 0 Å². The SMILES string of the molecule is C=CCOC(=O)C(c1cn(C(C)=O)c2cc(Br)ccc12)N(C)C(=O)OC(C)(C)C. The highest BCUT2D eigenvalue weighted by Crippen LogP contribution is 2.33. The molecule has 2 rings (SSSR count). The van der Waals surface area contributed by atoms with Crippen LogP contribution in [-0.2, 0) is 14.3 Å². The Hall–Kier alpha value is -2.61. The molecule has 1 aromatic heterocycles. The fourth-order valence-electron chi connectivity index (χ4n) is 2.86. The molecule has 0 aliphatic carbocycles. The number of hydrogen-bond donors (Lipinski definition) is 0. The second kappa shape index (κ2) is 8.82. The number of esters is 1. The molecule has 0 saturated carbocycles. The topological polar surface area (TPSA) is 77.8 Å². The third-order valence-electron chi connectivity index (χ3n) is 4.07. The van der Waals surface area contributed by atoms with Crippen molar-refractivity contribution in [1.29, 1.82) is 0 Å². The van der Waals surface area contributed by atoms with Crippen LogP contribution in [0.25, 0.3) is 10.9 Å². The van der Waals surface area contributed by atoms with E-state index < -0.39 is 23.7 Å². The molecule has 1 unspecified atom stereocenters. The lowest BCUT2D eigenvalue weighted by Crippen LogP contribution is -2.40. The quantitative estimate of drug-likeness (QED) is 0.473. The molecular formula is C21H25BrN2O5. The molecule has 0 saturated heterocycles.